The third-order valence-corrected chi connectivity index (χ3v) is 4.68. The molecule has 2 aliphatic heterocycles. The number of carbonyl (C=O) groups excluding carboxylic acids is 1. The van der Waals surface area contributed by atoms with Crippen LogP contribution in [0.1, 0.15) is 11.1 Å². The van der Waals surface area contributed by atoms with Crippen LogP contribution in [0.5, 0.6) is 0 Å². The van der Waals surface area contributed by atoms with E-state index in [1.807, 2.05) is 59.5 Å². The minimum absolute atomic E-state index is 0.0868. The number of hydrogen-bond donors (Lipinski definition) is 2. The van der Waals surface area contributed by atoms with Crippen LogP contribution in [0.25, 0.3) is 0 Å². The predicted molar refractivity (Wildman–Crippen MR) is 101 cm³/mol. The van der Waals surface area contributed by atoms with Gasteiger partial charge in [-0.2, -0.15) is 0 Å². The highest BCUT2D eigenvalue weighted by atomic mass is 16.3. The third kappa shape index (κ3) is 2.97. The molecule has 132 valence electrons. The van der Waals surface area contributed by atoms with Crippen LogP contribution in [-0.4, -0.2) is 29.1 Å². The summed E-state index contributed by atoms with van der Waals surface area (Å²) in [4.78, 5) is 16.8. The Morgan fingerprint density at radius 3 is 2.62 bits per heavy atom. The molecular weight excluding hydrogens is 326 g/mol. The summed E-state index contributed by atoms with van der Waals surface area (Å²) in [6.07, 6.45) is 4.14. The van der Waals surface area contributed by atoms with Gasteiger partial charge in [0.25, 0.3) is 0 Å². The molecule has 0 radical (unpaired) electrons. The molecule has 0 bridgehead atoms. The van der Waals surface area contributed by atoms with Gasteiger partial charge in [0.15, 0.2) is 0 Å². The van der Waals surface area contributed by atoms with Crippen LogP contribution < -0.4 is 10.2 Å². The highest BCUT2D eigenvalue weighted by Crippen LogP contribution is 2.31. The van der Waals surface area contributed by atoms with Crippen molar-refractivity contribution in [1.29, 1.82) is 0 Å². The number of anilines is 1. The van der Waals surface area contributed by atoms with Crippen LogP contribution in [0.15, 0.2) is 78.1 Å². The summed E-state index contributed by atoms with van der Waals surface area (Å²) in [6.45, 7) is 1.67. The number of amides is 2. The summed E-state index contributed by atoms with van der Waals surface area (Å²) in [5.41, 5.74) is 3.60. The maximum atomic E-state index is 13.3. The Balaban J connectivity index is 1.75. The monoisotopic (exact) mass is 347 g/mol. The van der Waals surface area contributed by atoms with Crippen molar-refractivity contribution in [3.63, 3.8) is 0 Å². The van der Waals surface area contributed by atoms with Gasteiger partial charge in [-0.15, -0.1) is 0 Å². The first kappa shape index (κ1) is 16.4. The lowest BCUT2D eigenvalue weighted by molar-refractivity contribution is 0.204. The van der Waals surface area contributed by atoms with Gasteiger partial charge in [-0.05, 0) is 11.6 Å². The average molecular weight is 347 g/mol. The number of hydrogen-bond acceptors (Lipinski definition) is 3. The van der Waals surface area contributed by atoms with Gasteiger partial charge in [0.05, 0.1) is 18.8 Å². The Kier molecular flexibility index (Phi) is 4.46. The minimum Gasteiger partial charge on any atom is -0.392 e. The highest BCUT2D eigenvalue weighted by molar-refractivity contribution is 5.97. The van der Waals surface area contributed by atoms with E-state index in [0.29, 0.717) is 25.3 Å². The van der Waals surface area contributed by atoms with Gasteiger partial charge < -0.3 is 15.3 Å². The molecule has 0 aromatic heterocycles. The van der Waals surface area contributed by atoms with Gasteiger partial charge in [0.1, 0.15) is 5.82 Å². The van der Waals surface area contributed by atoms with E-state index in [1.165, 1.54) is 0 Å². The van der Waals surface area contributed by atoms with Crippen LogP contribution in [0.3, 0.4) is 0 Å². The van der Waals surface area contributed by atoms with Crippen molar-refractivity contribution >= 4 is 11.7 Å². The number of nitrogens with zero attached hydrogens (tertiary/aromatic N) is 2. The number of aliphatic hydroxyl groups excluding tert-OH is 1. The van der Waals surface area contributed by atoms with Crippen molar-refractivity contribution in [2.75, 3.05) is 18.0 Å². The minimum atomic E-state index is -0.114. The number of carbonyl (C=O) groups is 1. The molecule has 5 heteroatoms. The van der Waals surface area contributed by atoms with E-state index in [1.54, 1.807) is 4.90 Å². The first-order valence-electron chi connectivity index (χ1n) is 8.73. The molecule has 2 N–H and O–H groups in total. The molecule has 0 spiro atoms. The topological polar surface area (TPSA) is 55.8 Å². The predicted octanol–water partition coefficient (Wildman–Crippen LogP) is 2.99. The normalized spacial score (nSPS) is 16.6. The fourth-order valence-corrected chi connectivity index (χ4v) is 3.42. The first-order valence-corrected chi connectivity index (χ1v) is 8.73. The summed E-state index contributed by atoms with van der Waals surface area (Å²) in [5, 5.41) is 13.1. The van der Waals surface area contributed by atoms with Gasteiger partial charge in [0, 0.05) is 24.2 Å². The summed E-state index contributed by atoms with van der Waals surface area (Å²) >= 11 is 0. The quantitative estimate of drug-likeness (QED) is 0.894. The number of urea groups is 1. The van der Waals surface area contributed by atoms with Crippen LogP contribution in [-0.2, 0) is 13.2 Å². The average Bonchev–Trinajstić information content (AvgIpc) is 2.69. The molecule has 4 rings (SSSR count). The van der Waals surface area contributed by atoms with E-state index < -0.39 is 0 Å². The van der Waals surface area contributed by atoms with E-state index in [2.05, 4.69) is 17.5 Å². The molecule has 2 heterocycles. The maximum Gasteiger partial charge on any atom is 0.330 e. The molecule has 5 nitrogen and oxygen atoms in total. The van der Waals surface area contributed by atoms with Crippen molar-refractivity contribution in [3.05, 3.63) is 89.3 Å². The summed E-state index contributed by atoms with van der Waals surface area (Å²) in [5.74, 6) is 0.808. The zero-order chi connectivity index (χ0) is 17.9. The molecule has 26 heavy (non-hydrogen) atoms. The summed E-state index contributed by atoms with van der Waals surface area (Å²) in [7, 11) is 0. The van der Waals surface area contributed by atoms with Crippen LogP contribution in [0, 0.1) is 0 Å². The number of para-hydroxylation sites is 1. The van der Waals surface area contributed by atoms with Crippen LogP contribution in [0.4, 0.5) is 10.5 Å². The van der Waals surface area contributed by atoms with Gasteiger partial charge in [-0.1, -0.05) is 60.7 Å². The molecular formula is C21H21N3O2. The van der Waals surface area contributed by atoms with Gasteiger partial charge in [0.2, 0.25) is 0 Å². The van der Waals surface area contributed by atoms with Crippen molar-refractivity contribution in [3.8, 4) is 0 Å². The molecule has 2 aliphatic rings. The lowest BCUT2D eigenvalue weighted by Gasteiger charge is -2.40. The molecule has 2 aromatic carbocycles. The number of nitrogens with one attached hydrogen (secondary N) is 1. The standard InChI is InChI=1S/C21H21N3O2/c25-15-18-9-4-5-11-19(18)24-20-17(10-6-12-22-20)14-23(21(24)26)13-16-7-2-1-3-8-16/h1-11,22,25H,12-15H2. The zero-order valence-electron chi connectivity index (χ0n) is 14.4. The van der Waals surface area contributed by atoms with E-state index in [9.17, 15) is 9.90 Å². The number of aliphatic hydroxyl groups is 1. The van der Waals surface area contributed by atoms with Crippen LogP contribution in [0.2, 0.25) is 0 Å². The second-order valence-electron chi connectivity index (χ2n) is 6.40. The Morgan fingerprint density at radius 2 is 1.81 bits per heavy atom. The van der Waals surface area contributed by atoms with Crippen molar-refractivity contribution in [1.82, 2.24) is 10.2 Å². The maximum absolute atomic E-state index is 13.3. The SMILES string of the molecule is O=C1N(Cc2ccccc2)CC2=C(NCC=C2)N1c1ccccc1CO. The van der Waals surface area contributed by atoms with E-state index in [-0.39, 0.29) is 12.6 Å². The molecule has 0 saturated carbocycles. The Labute approximate surface area is 152 Å². The fourth-order valence-electron chi connectivity index (χ4n) is 3.42. The second kappa shape index (κ2) is 7.06. The first-order chi connectivity index (χ1) is 12.8. The molecule has 0 fully saturated rings. The van der Waals surface area contributed by atoms with Crippen molar-refractivity contribution in [2.24, 2.45) is 0 Å². The lowest BCUT2D eigenvalue weighted by atomic mass is 10.1. The third-order valence-electron chi connectivity index (χ3n) is 4.68. The Morgan fingerprint density at radius 1 is 1.04 bits per heavy atom. The highest BCUT2D eigenvalue weighted by Gasteiger charge is 2.34. The molecule has 2 aromatic rings. The van der Waals surface area contributed by atoms with Crippen molar-refractivity contribution < 1.29 is 9.90 Å². The lowest BCUT2D eigenvalue weighted by Crippen LogP contribution is -2.52. The summed E-state index contributed by atoms with van der Waals surface area (Å²) < 4.78 is 0. The van der Waals surface area contributed by atoms with Gasteiger partial charge in [-0.3, -0.25) is 0 Å². The zero-order valence-corrected chi connectivity index (χ0v) is 14.4. The Bertz CT molecular complexity index is 874. The fraction of sp³-hybridized carbons (Fsp3) is 0.190. The van der Waals surface area contributed by atoms with Gasteiger partial charge >= 0.3 is 6.03 Å². The van der Waals surface area contributed by atoms with E-state index in [0.717, 1.165) is 22.5 Å². The number of rotatable bonds is 4. The molecule has 0 aliphatic carbocycles. The number of dihydropyridines is 1. The molecule has 2 amide bonds. The van der Waals surface area contributed by atoms with E-state index in [4.69, 9.17) is 0 Å². The molecule has 0 saturated heterocycles. The van der Waals surface area contributed by atoms with Gasteiger partial charge in [-0.25, -0.2) is 9.69 Å². The Hall–Kier alpha value is -3.05. The van der Waals surface area contributed by atoms with Crippen LogP contribution >= 0.6 is 0 Å². The molecule has 0 atom stereocenters. The van der Waals surface area contributed by atoms with E-state index >= 15 is 0 Å². The second-order valence-corrected chi connectivity index (χ2v) is 6.40. The largest absolute Gasteiger partial charge is 0.392 e. The molecule has 0 unspecified atom stereocenters. The smallest absolute Gasteiger partial charge is 0.330 e. The summed E-state index contributed by atoms with van der Waals surface area (Å²) in [6, 6.07) is 17.4. The van der Waals surface area contributed by atoms with Crippen molar-refractivity contribution in [2.45, 2.75) is 13.2 Å². The number of benzene rings is 2.